The number of halogens is 1. The van der Waals surface area contributed by atoms with Gasteiger partial charge in [0.15, 0.2) is 0 Å². The molecular formula is C17H16FN7O. The van der Waals surface area contributed by atoms with Gasteiger partial charge in [-0.3, -0.25) is 9.41 Å². The molecule has 4 N–H and O–H groups in total. The van der Waals surface area contributed by atoms with E-state index in [1.165, 1.54) is 23.4 Å². The Balaban J connectivity index is 1.88. The van der Waals surface area contributed by atoms with Crippen molar-refractivity contribution >= 4 is 11.8 Å². The van der Waals surface area contributed by atoms with Crippen LogP contribution in [0.3, 0.4) is 0 Å². The zero-order valence-corrected chi connectivity index (χ0v) is 13.7. The number of nitrogens with two attached hydrogens (primary N) is 2. The molecule has 8 nitrogen and oxygen atoms in total. The molecule has 1 aromatic carbocycles. The highest BCUT2D eigenvalue weighted by atomic mass is 19.1. The second kappa shape index (κ2) is 6.54. The van der Waals surface area contributed by atoms with Crippen molar-refractivity contribution in [2.45, 2.75) is 0 Å². The highest BCUT2D eigenvalue weighted by Gasteiger charge is 2.20. The maximum Gasteiger partial charge on any atom is 0.306 e. The number of nitrogens with zero attached hydrogens (tertiary/aromatic N) is 5. The Morgan fingerprint density at radius 2 is 1.96 bits per heavy atom. The number of imidazole rings is 1. The van der Waals surface area contributed by atoms with Gasteiger partial charge in [-0.25, -0.2) is 20.2 Å². The van der Waals surface area contributed by atoms with Crippen LogP contribution in [0.15, 0.2) is 53.4 Å². The molecule has 4 rings (SSSR count). The van der Waals surface area contributed by atoms with E-state index in [1.54, 1.807) is 35.0 Å². The van der Waals surface area contributed by atoms with Crippen LogP contribution in [0.5, 0.6) is 0 Å². The summed E-state index contributed by atoms with van der Waals surface area (Å²) < 4.78 is 20.5. The zero-order valence-electron chi connectivity index (χ0n) is 13.7. The van der Waals surface area contributed by atoms with E-state index in [9.17, 15) is 4.39 Å². The van der Waals surface area contributed by atoms with Gasteiger partial charge in [0.25, 0.3) is 0 Å². The lowest BCUT2D eigenvalue weighted by atomic mass is 10.1. The fourth-order valence-electron chi connectivity index (χ4n) is 2.70. The van der Waals surface area contributed by atoms with Gasteiger partial charge in [0.1, 0.15) is 23.5 Å². The molecule has 0 atom stereocenters. The van der Waals surface area contributed by atoms with Gasteiger partial charge in [0.05, 0.1) is 5.69 Å². The Kier molecular flexibility index (Phi) is 4.07. The first-order valence-corrected chi connectivity index (χ1v) is 7.94. The van der Waals surface area contributed by atoms with E-state index in [2.05, 4.69) is 15.0 Å². The van der Waals surface area contributed by atoms with Gasteiger partial charge in [0, 0.05) is 31.0 Å². The van der Waals surface area contributed by atoms with E-state index in [0.717, 1.165) is 5.56 Å². The molecule has 9 heteroatoms. The minimum absolute atomic E-state index is 0.317. The van der Waals surface area contributed by atoms with E-state index in [1.807, 2.05) is 0 Å². The minimum Gasteiger partial charge on any atom is -0.432 e. The summed E-state index contributed by atoms with van der Waals surface area (Å²) in [7, 11) is 0. The fourth-order valence-corrected chi connectivity index (χ4v) is 2.70. The van der Waals surface area contributed by atoms with E-state index in [0.29, 0.717) is 42.0 Å². The SMILES string of the molecule is NCCN(N)c1nccc(-c2c(-c3ccc(F)cc3)nc3occn23)n1. The van der Waals surface area contributed by atoms with Gasteiger partial charge in [-0.15, -0.1) is 0 Å². The summed E-state index contributed by atoms with van der Waals surface area (Å²) in [5.41, 5.74) is 8.21. The predicted molar refractivity (Wildman–Crippen MR) is 94.5 cm³/mol. The summed E-state index contributed by atoms with van der Waals surface area (Å²) in [5, 5.41) is 1.38. The fraction of sp³-hybridized carbons (Fsp3) is 0.118. The first-order valence-electron chi connectivity index (χ1n) is 7.94. The largest absolute Gasteiger partial charge is 0.432 e. The molecule has 0 fully saturated rings. The van der Waals surface area contributed by atoms with Gasteiger partial charge >= 0.3 is 5.84 Å². The van der Waals surface area contributed by atoms with Gasteiger partial charge in [0.2, 0.25) is 5.95 Å². The summed E-state index contributed by atoms with van der Waals surface area (Å²) in [6, 6.07) is 7.84. The van der Waals surface area contributed by atoms with Crippen molar-refractivity contribution < 1.29 is 8.81 Å². The number of fused-ring (bicyclic) bond motifs is 1. The van der Waals surface area contributed by atoms with Crippen LogP contribution in [0.2, 0.25) is 0 Å². The number of benzene rings is 1. The molecule has 0 unspecified atom stereocenters. The molecule has 0 radical (unpaired) electrons. The van der Waals surface area contributed by atoms with Crippen LogP contribution in [0.1, 0.15) is 0 Å². The molecule has 3 aromatic heterocycles. The smallest absolute Gasteiger partial charge is 0.306 e. The number of oxazole rings is 1. The molecule has 0 saturated heterocycles. The minimum atomic E-state index is -0.317. The maximum atomic E-state index is 13.3. The highest BCUT2D eigenvalue weighted by molar-refractivity contribution is 5.79. The molecule has 132 valence electrons. The van der Waals surface area contributed by atoms with E-state index in [-0.39, 0.29) is 5.82 Å². The summed E-state index contributed by atoms with van der Waals surface area (Å²) in [4.78, 5) is 13.2. The molecule has 3 heterocycles. The molecule has 0 amide bonds. The van der Waals surface area contributed by atoms with Gasteiger partial charge in [-0.1, -0.05) is 0 Å². The number of hydrogen-bond donors (Lipinski definition) is 2. The molecule has 0 saturated carbocycles. The Morgan fingerprint density at radius 1 is 1.15 bits per heavy atom. The number of rotatable bonds is 5. The Labute approximate surface area is 147 Å². The van der Waals surface area contributed by atoms with Crippen molar-refractivity contribution in [1.82, 2.24) is 19.4 Å². The van der Waals surface area contributed by atoms with Gasteiger partial charge < -0.3 is 10.2 Å². The third kappa shape index (κ3) is 2.79. The quantitative estimate of drug-likeness (QED) is 0.416. The second-order valence-corrected chi connectivity index (χ2v) is 5.60. The topological polar surface area (TPSA) is 112 Å². The average Bonchev–Trinajstić information content (AvgIpc) is 3.23. The van der Waals surface area contributed by atoms with Crippen molar-refractivity contribution in [3.63, 3.8) is 0 Å². The lowest BCUT2D eigenvalue weighted by Gasteiger charge is -2.15. The van der Waals surface area contributed by atoms with Gasteiger partial charge in [-0.05, 0) is 30.3 Å². The molecule has 4 aromatic rings. The average molecular weight is 353 g/mol. The number of hydrogen-bond acceptors (Lipinski definition) is 7. The molecular weight excluding hydrogens is 337 g/mol. The monoisotopic (exact) mass is 353 g/mol. The van der Waals surface area contributed by atoms with Crippen LogP contribution in [0.25, 0.3) is 28.5 Å². The lowest BCUT2D eigenvalue weighted by molar-refractivity contribution is 0.596. The summed E-state index contributed by atoms with van der Waals surface area (Å²) in [5.74, 6) is 6.37. The Morgan fingerprint density at radius 3 is 2.73 bits per heavy atom. The molecule has 26 heavy (non-hydrogen) atoms. The van der Waals surface area contributed by atoms with Crippen LogP contribution in [0, 0.1) is 5.82 Å². The molecule has 0 spiro atoms. The van der Waals surface area contributed by atoms with Crippen LogP contribution in [0.4, 0.5) is 10.3 Å². The number of aromatic nitrogens is 4. The molecule has 0 aliphatic carbocycles. The van der Waals surface area contributed by atoms with Gasteiger partial charge in [-0.2, -0.15) is 4.98 Å². The molecule has 0 bridgehead atoms. The van der Waals surface area contributed by atoms with E-state index in [4.69, 9.17) is 16.0 Å². The number of hydrazine groups is 1. The van der Waals surface area contributed by atoms with Crippen molar-refractivity contribution in [2.24, 2.45) is 11.6 Å². The summed E-state index contributed by atoms with van der Waals surface area (Å²) in [6.07, 6.45) is 4.89. The first kappa shape index (κ1) is 16.2. The molecule has 0 aliphatic heterocycles. The van der Waals surface area contributed by atoms with Crippen molar-refractivity contribution in [3.8, 4) is 22.6 Å². The summed E-state index contributed by atoms with van der Waals surface area (Å²) >= 11 is 0. The predicted octanol–water partition coefficient (Wildman–Crippen LogP) is 1.83. The number of anilines is 1. The van der Waals surface area contributed by atoms with E-state index >= 15 is 0 Å². The van der Waals surface area contributed by atoms with Crippen LogP contribution in [-0.4, -0.2) is 32.4 Å². The van der Waals surface area contributed by atoms with Crippen LogP contribution in [-0.2, 0) is 0 Å². The van der Waals surface area contributed by atoms with Crippen LogP contribution >= 0.6 is 0 Å². The first-order chi connectivity index (χ1) is 12.7. The second-order valence-electron chi connectivity index (χ2n) is 5.60. The van der Waals surface area contributed by atoms with Crippen LogP contribution < -0.4 is 16.6 Å². The lowest BCUT2D eigenvalue weighted by Crippen LogP contribution is -2.37. The summed E-state index contributed by atoms with van der Waals surface area (Å²) in [6.45, 7) is 0.797. The third-order valence-corrected chi connectivity index (χ3v) is 3.89. The van der Waals surface area contributed by atoms with E-state index < -0.39 is 0 Å². The Bertz CT molecular complexity index is 1040. The Hall–Kier alpha value is -3.30. The standard InChI is InChI=1S/C17H16FN7O/c18-12-3-1-11(2-4-12)14-15(24-9-10-26-17(24)23-14)13-5-7-21-16(22-13)25(20)8-6-19/h1-5,7,9-10H,6,8,19-20H2. The van der Waals surface area contributed by atoms with Crippen molar-refractivity contribution in [3.05, 3.63) is 54.8 Å². The van der Waals surface area contributed by atoms with Crippen molar-refractivity contribution in [1.29, 1.82) is 0 Å². The molecule has 0 aliphatic rings. The van der Waals surface area contributed by atoms with Crippen molar-refractivity contribution in [2.75, 3.05) is 18.1 Å². The third-order valence-electron chi connectivity index (χ3n) is 3.89. The maximum absolute atomic E-state index is 13.3. The zero-order chi connectivity index (χ0) is 18.1. The normalized spacial score (nSPS) is 11.2. The highest BCUT2D eigenvalue weighted by Crippen LogP contribution is 2.32.